The molecule has 150 valence electrons. The monoisotopic (exact) mass is 373 g/mol. The molecule has 1 heterocycles. The predicted octanol–water partition coefficient (Wildman–Crippen LogP) is 6.41. The summed E-state index contributed by atoms with van der Waals surface area (Å²) in [5, 5.41) is 0. The van der Waals surface area contributed by atoms with Gasteiger partial charge in [0.1, 0.15) is 6.61 Å². The van der Waals surface area contributed by atoms with Gasteiger partial charge in [-0.1, -0.05) is 43.8 Å². The molecule has 0 aliphatic carbocycles. The van der Waals surface area contributed by atoms with Crippen LogP contribution in [0.1, 0.15) is 91.4 Å². The van der Waals surface area contributed by atoms with E-state index in [1.54, 1.807) is 0 Å². The Morgan fingerprint density at radius 3 is 2.33 bits per heavy atom. The summed E-state index contributed by atoms with van der Waals surface area (Å²) in [5.74, 6) is 12.5. The van der Waals surface area contributed by atoms with Crippen LogP contribution < -0.4 is 0 Å². The maximum absolute atomic E-state index is 14.0. The van der Waals surface area contributed by atoms with Crippen molar-refractivity contribution in [1.29, 1.82) is 0 Å². The highest BCUT2D eigenvalue weighted by Crippen LogP contribution is 2.20. The first-order chi connectivity index (χ1) is 13.0. The van der Waals surface area contributed by atoms with Crippen LogP contribution >= 0.6 is 0 Å². The molecular formula is C24H36FNO. The van der Waals surface area contributed by atoms with Gasteiger partial charge in [-0.2, -0.15) is 0 Å². The third-order valence-corrected chi connectivity index (χ3v) is 4.27. The molecule has 2 nitrogen and oxygen atoms in total. The molecule has 0 aromatic heterocycles. The molecule has 3 heteroatoms. The van der Waals surface area contributed by atoms with Gasteiger partial charge in [0.05, 0.1) is 12.0 Å². The lowest BCUT2D eigenvalue weighted by molar-refractivity contribution is 0.248. The Labute approximate surface area is 166 Å². The van der Waals surface area contributed by atoms with E-state index in [0.29, 0.717) is 25.9 Å². The number of nitrogens with zero attached hydrogens (tertiary/aromatic N) is 1. The van der Waals surface area contributed by atoms with E-state index in [-0.39, 0.29) is 11.4 Å². The van der Waals surface area contributed by atoms with Crippen LogP contribution in [-0.4, -0.2) is 24.2 Å². The van der Waals surface area contributed by atoms with Crippen LogP contribution in [0.5, 0.6) is 0 Å². The summed E-state index contributed by atoms with van der Waals surface area (Å²) >= 11 is 0. The fraction of sp³-hybridized carbons (Fsp3) is 0.708. The third kappa shape index (κ3) is 12.3. The first-order valence-electron chi connectivity index (χ1n) is 10.5. The van der Waals surface area contributed by atoms with Crippen LogP contribution in [0.25, 0.3) is 0 Å². The largest absolute Gasteiger partial charge is 0.476 e. The third-order valence-electron chi connectivity index (χ3n) is 4.27. The Balaban J connectivity index is 2.00. The second-order valence-corrected chi connectivity index (χ2v) is 7.65. The number of ether oxygens (including phenoxy) is 1. The molecular weight excluding hydrogens is 337 g/mol. The number of hydrogen-bond acceptors (Lipinski definition) is 2. The Morgan fingerprint density at radius 1 is 1.04 bits per heavy atom. The van der Waals surface area contributed by atoms with Crippen LogP contribution in [0.4, 0.5) is 4.39 Å². The van der Waals surface area contributed by atoms with Gasteiger partial charge in [0, 0.05) is 12.8 Å². The summed E-state index contributed by atoms with van der Waals surface area (Å²) in [4.78, 5) is 4.26. The molecule has 0 N–H and O–H groups in total. The van der Waals surface area contributed by atoms with Crippen molar-refractivity contribution in [2.24, 2.45) is 4.99 Å². The molecule has 0 radical (unpaired) electrons. The minimum atomic E-state index is -1.15. The second kappa shape index (κ2) is 14.3. The van der Waals surface area contributed by atoms with Crippen molar-refractivity contribution in [3.8, 4) is 23.7 Å². The van der Waals surface area contributed by atoms with E-state index < -0.39 is 6.17 Å². The molecule has 0 spiro atoms. The van der Waals surface area contributed by atoms with Gasteiger partial charge in [0.2, 0.25) is 5.90 Å². The van der Waals surface area contributed by atoms with E-state index in [2.05, 4.69) is 47.7 Å². The number of hydrogen-bond donors (Lipinski definition) is 0. The van der Waals surface area contributed by atoms with Crippen LogP contribution in [0.2, 0.25) is 0 Å². The Bertz CT molecular complexity index is 583. The first-order valence-corrected chi connectivity index (χ1v) is 10.5. The first kappa shape index (κ1) is 23.3. The number of halogens is 1. The molecule has 0 amide bonds. The van der Waals surface area contributed by atoms with Crippen LogP contribution in [0.3, 0.4) is 0 Å². The molecule has 0 saturated heterocycles. The van der Waals surface area contributed by atoms with E-state index in [1.807, 2.05) is 13.8 Å². The topological polar surface area (TPSA) is 21.6 Å². The van der Waals surface area contributed by atoms with Gasteiger partial charge in [-0.25, -0.2) is 9.38 Å². The number of rotatable bonds is 11. The van der Waals surface area contributed by atoms with Crippen molar-refractivity contribution < 1.29 is 9.13 Å². The summed E-state index contributed by atoms with van der Waals surface area (Å²) in [5.41, 5.74) is -0.300. The van der Waals surface area contributed by atoms with Crippen molar-refractivity contribution in [3.63, 3.8) is 0 Å². The van der Waals surface area contributed by atoms with Crippen molar-refractivity contribution in [2.75, 3.05) is 6.61 Å². The quantitative estimate of drug-likeness (QED) is 0.233. The van der Waals surface area contributed by atoms with Crippen LogP contribution in [0.15, 0.2) is 17.1 Å². The molecule has 1 atom stereocenters. The SMILES string of the molecule is CCCCC/C=C/CCCCC#CCC#CCCC(F)C1=NC(C)(C)CO1. The number of allylic oxidation sites excluding steroid dienone is 2. The van der Waals surface area contributed by atoms with E-state index in [9.17, 15) is 4.39 Å². The summed E-state index contributed by atoms with van der Waals surface area (Å²) < 4.78 is 19.3. The maximum atomic E-state index is 14.0. The number of alkyl halides is 1. The molecule has 1 unspecified atom stereocenters. The lowest BCUT2D eigenvalue weighted by Gasteiger charge is -2.07. The summed E-state index contributed by atoms with van der Waals surface area (Å²) in [6.07, 6.45) is 14.5. The van der Waals surface area contributed by atoms with E-state index in [0.717, 1.165) is 19.3 Å². The summed E-state index contributed by atoms with van der Waals surface area (Å²) in [7, 11) is 0. The highest BCUT2D eigenvalue weighted by molar-refractivity contribution is 5.82. The number of aliphatic imine (C=N–C) groups is 1. The molecule has 0 fully saturated rings. The van der Waals surface area contributed by atoms with Gasteiger partial charge in [-0.05, 0) is 52.4 Å². The lowest BCUT2D eigenvalue weighted by Crippen LogP contribution is -2.17. The molecule has 0 saturated carbocycles. The van der Waals surface area contributed by atoms with Gasteiger partial charge in [0.25, 0.3) is 0 Å². The molecule has 0 aromatic rings. The molecule has 1 rings (SSSR count). The average molecular weight is 374 g/mol. The van der Waals surface area contributed by atoms with Gasteiger partial charge in [-0.3, -0.25) is 0 Å². The minimum Gasteiger partial charge on any atom is -0.476 e. The second-order valence-electron chi connectivity index (χ2n) is 7.65. The Morgan fingerprint density at radius 2 is 1.70 bits per heavy atom. The lowest BCUT2D eigenvalue weighted by atomic mass is 10.1. The average Bonchev–Trinajstić information content (AvgIpc) is 3.01. The highest BCUT2D eigenvalue weighted by atomic mass is 19.1. The van der Waals surface area contributed by atoms with Crippen molar-refractivity contribution >= 4 is 5.90 Å². The van der Waals surface area contributed by atoms with Gasteiger partial charge in [-0.15, -0.1) is 11.8 Å². The van der Waals surface area contributed by atoms with Gasteiger partial charge < -0.3 is 4.74 Å². The van der Waals surface area contributed by atoms with E-state index in [1.165, 1.54) is 32.1 Å². The standard InChI is InChI=1S/C24H36FNO/c1-4-5-6-7-8-9-10-11-12-13-14-15-16-17-18-19-20-22(25)23-26-24(2,3)21-27-23/h8-9,22H,4-7,10-13,16,19-21H2,1-3H3/b9-8+. The highest BCUT2D eigenvalue weighted by Gasteiger charge is 2.30. The summed E-state index contributed by atoms with van der Waals surface area (Å²) in [6, 6.07) is 0. The van der Waals surface area contributed by atoms with Crippen LogP contribution in [-0.2, 0) is 4.74 Å². The zero-order chi connectivity index (χ0) is 19.8. The molecule has 1 aliphatic rings. The normalized spacial score (nSPS) is 16.1. The number of unbranched alkanes of at least 4 members (excludes halogenated alkanes) is 6. The molecule has 0 aromatic carbocycles. The molecule has 0 bridgehead atoms. The smallest absolute Gasteiger partial charge is 0.219 e. The van der Waals surface area contributed by atoms with Crippen molar-refractivity contribution in [3.05, 3.63) is 12.2 Å². The molecule has 27 heavy (non-hydrogen) atoms. The minimum absolute atomic E-state index is 0.234. The molecule has 1 aliphatic heterocycles. The van der Waals surface area contributed by atoms with Gasteiger partial charge in [0.15, 0.2) is 6.17 Å². The Hall–Kier alpha value is -1.74. The van der Waals surface area contributed by atoms with Crippen LogP contribution in [0, 0.1) is 23.7 Å². The van der Waals surface area contributed by atoms with Crippen molar-refractivity contribution in [1.82, 2.24) is 0 Å². The Kier molecular flexibility index (Phi) is 12.4. The van der Waals surface area contributed by atoms with Gasteiger partial charge >= 0.3 is 0 Å². The van der Waals surface area contributed by atoms with E-state index in [4.69, 9.17) is 4.74 Å². The van der Waals surface area contributed by atoms with Crippen molar-refractivity contribution in [2.45, 2.75) is 103 Å². The van der Waals surface area contributed by atoms with E-state index >= 15 is 0 Å². The zero-order valence-electron chi connectivity index (χ0n) is 17.5. The predicted molar refractivity (Wildman–Crippen MR) is 114 cm³/mol. The fourth-order valence-electron chi connectivity index (χ4n) is 2.67. The zero-order valence-corrected chi connectivity index (χ0v) is 17.5. The fourth-order valence-corrected chi connectivity index (χ4v) is 2.67. The maximum Gasteiger partial charge on any atom is 0.219 e. The summed E-state index contributed by atoms with van der Waals surface area (Å²) in [6.45, 7) is 6.57.